The van der Waals surface area contributed by atoms with E-state index in [-0.39, 0.29) is 11.6 Å². The molecule has 1 amide bonds. The maximum absolute atomic E-state index is 12.1. The third-order valence-electron chi connectivity index (χ3n) is 4.13. The molecule has 0 aromatic heterocycles. The van der Waals surface area contributed by atoms with Crippen LogP contribution in [-0.2, 0) is 4.79 Å². The number of likely N-dealkylation sites (N-methyl/N-ethyl adjacent to an activating group) is 1. The Morgan fingerprint density at radius 3 is 2.77 bits per heavy atom. The molecule has 1 fully saturated rings. The quantitative estimate of drug-likeness (QED) is 0.474. The van der Waals surface area contributed by atoms with Crippen molar-refractivity contribution in [2.45, 2.75) is 32.1 Å². The third-order valence-corrected chi connectivity index (χ3v) is 4.13. The fraction of sp³-hybridized carbons (Fsp3) is 0.471. The van der Waals surface area contributed by atoms with Crippen molar-refractivity contribution in [1.82, 2.24) is 4.90 Å². The van der Waals surface area contributed by atoms with Gasteiger partial charge in [0.1, 0.15) is 0 Å². The van der Waals surface area contributed by atoms with E-state index in [1.807, 2.05) is 7.05 Å². The lowest BCUT2D eigenvalue weighted by Crippen LogP contribution is -2.31. The molecule has 0 unspecified atom stereocenters. The van der Waals surface area contributed by atoms with E-state index >= 15 is 0 Å². The molecule has 1 aromatic rings. The summed E-state index contributed by atoms with van der Waals surface area (Å²) in [5, 5.41) is 10.7. The smallest absolute Gasteiger partial charge is 0.270 e. The van der Waals surface area contributed by atoms with Gasteiger partial charge in [0.05, 0.1) is 4.92 Å². The van der Waals surface area contributed by atoms with Crippen LogP contribution in [0.3, 0.4) is 0 Å². The van der Waals surface area contributed by atoms with Crippen LogP contribution in [0.2, 0.25) is 0 Å². The van der Waals surface area contributed by atoms with Crippen molar-refractivity contribution in [2.75, 3.05) is 13.6 Å². The second-order valence-electron chi connectivity index (χ2n) is 5.91. The Kier molecular flexibility index (Phi) is 5.69. The molecular formula is C17H22N2O3. The molecule has 0 spiro atoms. The molecule has 0 heterocycles. The Hall–Kier alpha value is -2.17. The van der Waals surface area contributed by atoms with Crippen LogP contribution in [0.4, 0.5) is 5.69 Å². The Labute approximate surface area is 130 Å². The number of non-ortho nitro benzene ring substituents is 1. The molecule has 5 heteroatoms. The molecule has 1 aliphatic rings. The van der Waals surface area contributed by atoms with Gasteiger partial charge in [0.2, 0.25) is 5.91 Å². The summed E-state index contributed by atoms with van der Waals surface area (Å²) in [6.07, 6.45) is 9.35. The van der Waals surface area contributed by atoms with Gasteiger partial charge in [-0.1, -0.05) is 31.4 Å². The first-order valence-electron chi connectivity index (χ1n) is 7.74. The fourth-order valence-corrected chi connectivity index (χ4v) is 2.88. The first-order chi connectivity index (χ1) is 10.6. The summed E-state index contributed by atoms with van der Waals surface area (Å²) < 4.78 is 0. The van der Waals surface area contributed by atoms with Crippen molar-refractivity contribution >= 4 is 17.7 Å². The van der Waals surface area contributed by atoms with E-state index in [1.54, 1.807) is 23.1 Å². The van der Waals surface area contributed by atoms with Crippen molar-refractivity contribution in [1.29, 1.82) is 0 Å². The van der Waals surface area contributed by atoms with E-state index < -0.39 is 4.92 Å². The predicted molar refractivity (Wildman–Crippen MR) is 86.3 cm³/mol. The zero-order chi connectivity index (χ0) is 15.9. The number of hydrogen-bond donors (Lipinski definition) is 0. The minimum absolute atomic E-state index is 0.0326. The summed E-state index contributed by atoms with van der Waals surface area (Å²) in [5.41, 5.74) is 0.693. The van der Waals surface area contributed by atoms with Gasteiger partial charge >= 0.3 is 0 Å². The van der Waals surface area contributed by atoms with Gasteiger partial charge in [-0.2, -0.15) is 0 Å². The van der Waals surface area contributed by atoms with Gasteiger partial charge in [-0.15, -0.1) is 0 Å². The molecule has 5 nitrogen and oxygen atoms in total. The fourth-order valence-electron chi connectivity index (χ4n) is 2.88. The molecule has 0 saturated heterocycles. The van der Waals surface area contributed by atoms with Gasteiger partial charge < -0.3 is 4.90 Å². The standard InChI is InChI=1S/C17H22N2O3/c1-18(13-15-6-3-2-4-7-15)17(20)11-10-14-8-5-9-16(12-14)19(21)22/h5,8-12,15H,2-4,6-7,13H2,1H3/b11-10+. The van der Waals surface area contributed by atoms with Crippen LogP contribution < -0.4 is 0 Å². The van der Waals surface area contributed by atoms with Crippen molar-refractivity contribution in [3.8, 4) is 0 Å². The normalized spacial score (nSPS) is 15.9. The monoisotopic (exact) mass is 302 g/mol. The Bertz CT molecular complexity index is 563. The van der Waals surface area contributed by atoms with Crippen molar-refractivity contribution in [2.24, 2.45) is 5.92 Å². The largest absolute Gasteiger partial charge is 0.342 e. The van der Waals surface area contributed by atoms with E-state index in [2.05, 4.69) is 0 Å². The lowest BCUT2D eigenvalue weighted by Gasteiger charge is -2.26. The summed E-state index contributed by atoms with van der Waals surface area (Å²) in [7, 11) is 1.81. The van der Waals surface area contributed by atoms with Crippen LogP contribution in [0.1, 0.15) is 37.7 Å². The van der Waals surface area contributed by atoms with Gasteiger partial charge in [0.15, 0.2) is 0 Å². The van der Waals surface area contributed by atoms with Gasteiger partial charge in [0, 0.05) is 31.8 Å². The average molecular weight is 302 g/mol. The highest BCUT2D eigenvalue weighted by Crippen LogP contribution is 2.24. The molecular weight excluding hydrogens is 280 g/mol. The molecule has 0 bridgehead atoms. The zero-order valence-corrected chi connectivity index (χ0v) is 12.9. The Balaban J connectivity index is 1.92. The average Bonchev–Trinajstić information content (AvgIpc) is 2.53. The molecule has 1 aromatic carbocycles. The molecule has 0 radical (unpaired) electrons. The molecule has 0 N–H and O–H groups in total. The summed E-state index contributed by atoms with van der Waals surface area (Å²) in [5.74, 6) is 0.547. The Morgan fingerprint density at radius 2 is 2.09 bits per heavy atom. The highest BCUT2D eigenvalue weighted by atomic mass is 16.6. The van der Waals surface area contributed by atoms with E-state index in [9.17, 15) is 14.9 Å². The second kappa shape index (κ2) is 7.73. The highest BCUT2D eigenvalue weighted by molar-refractivity contribution is 5.91. The maximum Gasteiger partial charge on any atom is 0.270 e. The van der Waals surface area contributed by atoms with Crippen LogP contribution in [0.15, 0.2) is 30.3 Å². The van der Waals surface area contributed by atoms with Crippen LogP contribution in [0.25, 0.3) is 6.08 Å². The number of carbonyl (C=O) groups excluding carboxylic acids is 1. The van der Waals surface area contributed by atoms with Crippen molar-refractivity contribution in [3.63, 3.8) is 0 Å². The number of carbonyl (C=O) groups is 1. The number of hydrogen-bond acceptors (Lipinski definition) is 3. The second-order valence-corrected chi connectivity index (χ2v) is 5.91. The maximum atomic E-state index is 12.1. The lowest BCUT2D eigenvalue weighted by atomic mass is 9.89. The molecule has 2 rings (SSSR count). The van der Waals surface area contributed by atoms with E-state index in [1.165, 1.54) is 50.3 Å². The summed E-state index contributed by atoms with van der Waals surface area (Å²) in [4.78, 5) is 24.1. The number of rotatable bonds is 5. The lowest BCUT2D eigenvalue weighted by molar-refractivity contribution is -0.384. The minimum atomic E-state index is -0.436. The number of nitro groups is 1. The van der Waals surface area contributed by atoms with Crippen molar-refractivity contribution < 1.29 is 9.72 Å². The van der Waals surface area contributed by atoms with Crippen LogP contribution in [0, 0.1) is 16.0 Å². The zero-order valence-electron chi connectivity index (χ0n) is 12.9. The van der Waals surface area contributed by atoms with Crippen LogP contribution in [0.5, 0.6) is 0 Å². The summed E-state index contributed by atoms with van der Waals surface area (Å²) in [6.45, 7) is 0.790. The Morgan fingerprint density at radius 1 is 1.36 bits per heavy atom. The topological polar surface area (TPSA) is 63.5 Å². The minimum Gasteiger partial charge on any atom is -0.342 e. The van der Waals surface area contributed by atoms with Gasteiger partial charge in [-0.05, 0) is 30.4 Å². The number of amides is 1. The molecule has 0 aliphatic heterocycles. The van der Waals surface area contributed by atoms with Crippen LogP contribution in [-0.4, -0.2) is 29.3 Å². The SMILES string of the molecule is CN(CC1CCCCC1)C(=O)/C=C/c1cccc([N+](=O)[O-])c1. The predicted octanol–water partition coefficient (Wildman–Crippen LogP) is 3.65. The van der Waals surface area contributed by atoms with Crippen molar-refractivity contribution in [3.05, 3.63) is 46.0 Å². The summed E-state index contributed by atoms with van der Waals surface area (Å²) >= 11 is 0. The number of nitro benzene ring substituents is 1. The number of nitrogens with zero attached hydrogens (tertiary/aromatic N) is 2. The molecule has 0 atom stereocenters. The van der Waals surface area contributed by atoms with Gasteiger partial charge in [-0.3, -0.25) is 14.9 Å². The van der Waals surface area contributed by atoms with E-state index in [0.717, 1.165) is 6.54 Å². The number of benzene rings is 1. The third kappa shape index (κ3) is 4.69. The van der Waals surface area contributed by atoms with Gasteiger partial charge in [0.25, 0.3) is 5.69 Å². The van der Waals surface area contributed by atoms with Crippen LogP contribution >= 0.6 is 0 Å². The first-order valence-corrected chi connectivity index (χ1v) is 7.74. The highest BCUT2D eigenvalue weighted by Gasteiger charge is 2.17. The van der Waals surface area contributed by atoms with E-state index in [0.29, 0.717) is 11.5 Å². The summed E-state index contributed by atoms with van der Waals surface area (Å²) in [6, 6.07) is 6.27. The van der Waals surface area contributed by atoms with E-state index in [4.69, 9.17) is 0 Å². The first kappa shape index (κ1) is 16.2. The molecule has 1 saturated carbocycles. The van der Waals surface area contributed by atoms with Gasteiger partial charge in [-0.25, -0.2) is 0 Å². The molecule has 118 valence electrons. The molecule has 1 aliphatic carbocycles. The molecule has 22 heavy (non-hydrogen) atoms.